The summed E-state index contributed by atoms with van der Waals surface area (Å²) < 4.78 is 5.22. The number of thiophene rings is 1. The topological polar surface area (TPSA) is 56.3 Å². The van der Waals surface area contributed by atoms with E-state index < -0.39 is 5.97 Å². The zero-order chi connectivity index (χ0) is 17.6. The molecule has 0 saturated carbocycles. The van der Waals surface area contributed by atoms with Crippen molar-refractivity contribution in [2.24, 2.45) is 0 Å². The molecule has 2 heterocycles. The largest absolute Gasteiger partial charge is 0.461 e. The number of nitrogens with zero attached hydrogens (tertiary/aromatic N) is 1. The van der Waals surface area contributed by atoms with Crippen molar-refractivity contribution in [1.29, 1.82) is 0 Å². The second kappa shape index (κ2) is 8.18. The number of ether oxygens (including phenoxy) is 1. The number of carbonyl (C=O) groups is 2. The van der Waals surface area contributed by atoms with E-state index in [-0.39, 0.29) is 12.4 Å². The van der Waals surface area contributed by atoms with Crippen molar-refractivity contribution >= 4 is 34.4 Å². The Morgan fingerprint density at radius 3 is 2.64 bits per heavy atom. The van der Waals surface area contributed by atoms with Gasteiger partial charge in [-0.3, -0.25) is 4.79 Å². The summed E-state index contributed by atoms with van der Waals surface area (Å²) in [6.07, 6.45) is 0.886. The number of ketones is 1. The number of thiazole rings is 1. The van der Waals surface area contributed by atoms with Crippen molar-refractivity contribution in [2.75, 3.05) is 6.61 Å². The molecule has 0 saturated heterocycles. The molecule has 1 aromatic carbocycles. The molecule has 0 atom stereocenters. The average Bonchev–Trinajstić information content (AvgIpc) is 3.30. The van der Waals surface area contributed by atoms with Gasteiger partial charge in [0.2, 0.25) is 0 Å². The lowest BCUT2D eigenvalue weighted by Gasteiger charge is -2.02. The molecular formula is C19H17NO3S2. The van der Waals surface area contributed by atoms with Crippen LogP contribution >= 0.6 is 22.7 Å². The van der Waals surface area contributed by atoms with Gasteiger partial charge in [-0.15, -0.1) is 22.7 Å². The Bertz CT molecular complexity index is 851. The Labute approximate surface area is 154 Å². The first-order valence-corrected chi connectivity index (χ1v) is 9.66. The number of aromatic nitrogens is 1. The minimum atomic E-state index is -0.446. The van der Waals surface area contributed by atoms with Gasteiger partial charge in [0.25, 0.3) is 0 Å². The van der Waals surface area contributed by atoms with Crippen molar-refractivity contribution in [3.63, 3.8) is 0 Å². The lowest BCUT2D eigenvalue weighted by atomic mass is 10.2. The van der Waals surface area contributed by atoms with Crippen LogP contribution in [0.3, 0.4) is 0 Å². The molecule has 0 unspecified atom stereocenters. The van der Waals surface area contributed by atoms with Crippen molar-refractivity contribution in [2.45, 2.75) is 19.8 Å². The van der Waals surface area contributed by atoms with E-state index in [0.717, 1.165) is 15.4 Å². The Kier molecular flexibility index (Phi) is 5.73. The normalized spacial score (nSPS) is 10.6. The number of Topliss-reactive ketones (excluding diaryl/α,β-unsaturated/α-hetero) is 1. The maximum atomic E-state index is 12.1. The molecule has 128 valence electrons. The van der Waals surface area contributed by atoms with Gasteiger partial charge >= 0.3 is 5.97 Å². The third-order valence-corrected chi connectivity index (χ3v) is 5.39. The smallest absolute Gasteiger partial charge is 0.357 e. The predicted molar refractivity (Wildman–Crippen MR) is 100 cm³/mol. The third kappa shape index (κ3) is 4.61. The summed E-state index contributed by atoms with van der Waals surface area (Å²) in [7, 11) is 0. The Morgan fingerprint density at radius 1 is 1.12 bits per heavy atom. The molecule has 0 N–H and O–H groups in total. The van der Waals surface area contributed by atoms with Gasteiger partial charge in [0.05, 0.1) is 11.5 Å². The molecule has 0 spiro atoms. The van der Waals surface area contributed by atoms with Crippen LogP contribution in [0.15, 0.2) is 47.2 Å². The molecule has 6 heteroatoms. The third-order valence-electron chi connectivity index (χ3n) is 3.59. The van der Waals surface area contributed by atoms with Crippen molar-refractivity contribution in [3.05, 3.63) is 63.3 Å². The fourth-order valence-corrected chi connectivity index (χ4v) is 3.72. The number of hydrogen-bond donors (Lipinski definition) is 0. The molecule has 25 heavy (non-hydrogen) atoms. The first-order chi connectivity index (χ1) is 12.1. The van der Waals surface area contributed by atoms with Crippen LogP contribution in [0.4, 0.5) is 0 Å². The maximum Gasteiger partial charge on any atom is 0.357 e. The second-order valence-corrected chi connectivity index (χ2v) is 7.35. The number of hydrogen-bond acceptors (Lipinski definition) is 6. The van der Waals surface area contributed by atoms with Gasteiger partial charge in [-0.1, -0.05) is 35.9 Å². The van der Waals surface area contributed by atoms with Crippen LogP contribution in [0, 0.1) is 6.92 Å². The predicted octanol–water partition coefficient (Wildman–Crippen LogP) is 5.00. The van der Waals surface area contributed by atoms with Crippen LogP contribution in [0.5, 0.6) is 0 Å². The molecule has 0 fully saturated rings. The molecule has 0 radical (unpaired) electrons. The van der Waals surface area contributed by atoms with E-state index in [9.17, 15) is 9.59 Å². The number of benzene rings is 1. The first-order valence-electron chi connectivity index (χ1n) is 7.90. The van der Waals surface area contributed by atoms with E-state index in [2.05, 4.69) is 4.98 Å². The van der Waals surface area contributed by atoms with Crippen LogP contribution in [0.2, 0.25) is 0 Å². The highest BCUT2D eigenvalue weighted by atomic mass is 32.1. The van der Waals surface area contributed by atoms with Gasteiger partial charge in [0, 0.05) is 17.4 Å². The number of esters is 1. The van der Waals surface area contributed by atoms with Gasteiger partial charge in [-0.2, -0.15) is 0 Å². The van der Waals surface area contributed by atoms with Gasteiger partial charge < -0.3 is 4.74 Å². The van der Waals surface area contributed by atoms with Gasteiger partial charge in [0.15, 0.2) is 11.5 Å². The molecular weight excluding hydrogens is 354 g/mol. The molecule has 0 amide bonds. The zero-order valence-electron chi connectivity index (χ0n) is 13.7. The summed E-state index contributed by atoms with van der Waals surface area (Å²) in [5.41, 5.74) is 2.47. The summed E-state index contributed by atoms with van der Waals surface area (Å²) in [5.74, 6) is -0.362. The number of aryl methyl sites for hydroxylation is 1. The molecule has 4 nitrogen and oxygen atoms in total. The molecule has 0 aliphatic carbocycles. The number of rotatable bonds is 7. The Morgan fingerprint density at radius 2 is 1.92 bits per heavy atom. The Balaban J connectivity index is 1.49. The summed E-state index contributed by atoms with van der Waals surface area (Å²) in [6.45, 7) is 2.24. The molecule has 2 aromatic heterocycles. The molecule has 0 bridgehead atoms. The van der Waals surface area contributed by atoms with Crippen LogP contribution in [0.1, 0.15) is 38.6 Å². The SMILES string of the molecule is Cc1ccc(-c2nc(C(=O)OCCCC(=O)c3cccs3)cs2)cc1. The van der Waals surface area contributed by atoms with Crippen molar-refractivity contribution in [1.82, 2.24) is 4.98 Å². The lowest BCUT2D eigenvalue weighted by molar-refractivity contribution is 0.0488. The molecule has 3 rings (SSSR count). The lowest BCUT2D eigenvalue weighted by Crippen LogP contribution is -2.08. The van der Waals surface area contributed by atoms with E-state index in [1.807, 2.05) is 42.6 Å². The van der Waals surface area contributed by atoms with Gasteiger partial charge in [-0.25, -0.2) is 9.78 Å². The van der Waals surface area contributed by atoms with Gasteiger partial charge in [0.1, 0.15) is 5.01 Å². The monoisotopic (exact) mass is 371 g/mol. The zero-order valence-corrected chi connectivity index (χ0v) is 15.4. The highest BCUT2D eigenvalue weighted by Gasteiger charge is 2.14. The quantitative estimate of drug-likeness (QED) is 0.333. The van der Waals surface area contributed by atoms with Crippen molar-refractivity contribution in [3.8, 4) is 10.6 Å². The summed E-state index contributed by atoms with van der Waals surface area (Å²) >= 11 is 2.84. The van der Waals surface area contributed by atoms with E-state index >= 15 is 0 Å². The highest BCUT2D eigenvalue weighted by molar-refractivity contribution is 7.13. The highest BCUT2D eigenvalue weighted by Crippen LogP contribution is 2.24. The first kappa shape index (κ1) is 17.5. The summed E-state index contributed by atoms with van der Waals surface area (Å²) in [5, 5.41) is 4.37. The van der Waals surface area contributed by atoms with E-state index in [1.54, 1.807) is 11.4 Å². The summed E-state index contributed by atoms with van der Waals surface area (Å²) in [4.78, 5) is 29.0. The van der Waals surface area contributed by atoms with Crippen LogP contribution in [-0.2, 0) is 4.74 Å². The van der Waals surface area contributed by atoms with Crippen LogP contribution in [0.25, 0.3) is 10.6 Å². The van der Waals surface area contributed by atoms with E-state index in [4.69, 9.17) is 4.74 Å². The fraction of sp³-hybridized carbons (Fsp3) is 0.211. The van der Waals surface area contributed by atoms with Gasteiger partial charge in [-0.05, 0) is 24.8 Å². The molecule has 0 aliphatic heterocycles. The van der Waals surface area contributed by atoms with E-state index in [1.165, 1.54) is 28.2 Å². The molecule has 3 aromatic rings. The van der Waals surface area contributed by atoms with Crippen molar-refractivity contribution < 1.29 is 14.3 Å². The fourth-order valence-electron chi connectivity index (χ4n) is 2.23. The van der Waals surface area contributed by atoms with Crippen LogP contribution in [-0.4, -0.2) is 23.3 Å². The summed E-state index contributed by atoms with van der Waals surface area (Å²) in [6, 6.07) is 11.7. The molecule has 0 aliphatic rings. The minimum Gasteiger partial charge on any atom is -0.461 e. The maximum absolute atomic E-state index is 12.1. The minimum absolute atomic E-state index is 0.0846. The Hall–Kier alpha value is -2.31. The number of carbonyl (C=O) groups excluding carboxylic acids is 2. The van der Waals surface area contributed by atoms with E-state index in [0.29, 0.717) is 18.5 Å². The average molecular weight is 371 g/mol. The second-order valence-electron chi connectivity index (χ2n) is 5.54. The van der Waals surface area contributed by atoms with Crippen LogP contribution < -0.4 is 0 Å². The standard InChI is InChI=1S/C19H17NO3S2/c1-13-6-8-14(9-7-13)18-20-15(12-25-18)19(22)23-10-2-4-16(21)17-5-3-11-24-17/h3,5-9,11-12H,2,4,10H2,1H3.